The average Bonchev–Trinajstić information content (AvgIpc) is 2.35. The number of aliphatic hydroxyl groups is 1. The molecule has 0 bridgehead atoms. The van der Waals surface area contributed by atoms with Gasteiger partial charge in [0.15, 0.2) is 17.3 Å². The van der Waals surface area contributed by atoms with Gasteiger partial charge in [-0.3, -0.25) is 4.79 Å². The summed E-state index contributed by atoms with van der Waals surface area (Å²) in [5.74, 6) is 0.953. The topological polar surface area (TPSA) is 55.8 Å². The van der Waals surface area contributed by atoms with E-state index < -0.39 is 0 Å². The summed E-state index contributed by atoms with van der Waals surface area (Å²) in [6.07, 6.45) is 4.27. The Labute approximate surface area is 106 Å². The zero-order valence-corrected chi connectivity index (χ0v) is 10.6. The number of aliphatic hydroxyl groups excluding tert-OH is 1. The van der Waals surface area contributed by atoms with Crippen LogP contribution < -0.4 is 9.47 Å². The molecule has 0 aromatic heterocycles. The molecule has 4 heteroatoms. The summed E-state index contributed by atoms with van der Waals surface area (Å²) in [6, 6.07) is 5.36. The number of hydrogen-bond acceptors (Lipinski definition) is 4. The molecule has 0 unspecified atom stereocenters. The molecule has 0 saturated carbocycles. The van der Waals surface area contributed by atoms with Gasteiger partial charge in [-0.05, 0) is 30.7 Å². The number of carbonyl (C=O) groups excluding carboxylic acids is 1. The van der Waals surface area contributed by atoms with Crippen molar-refractivity contribution in [1.82, 2.24) is 0 Å². The van der Waals surface area contributed by atoms with Crippen molar-refractivity contribution in [3.05, 3.63) is 41.7 Å². The highest BCUT2D eigenvalue weighted by molar-refractivity contribution is 5.88. The van der Waals surface area contributed by atoms with E-state index >= 15 is 0 Å². The number of allylic oxidation sites excluding steroid dienone is 2. The van der Waals surface area contributed by atoms with Gasteiger partial charge < -0.3 is 14.6 Å². The van der Waals surface area contributed by atoms with E-state index in [1.54, 1.807) is 32.4 Å². The van der Waals surface area contributed by atoms with E-state index in [1.165, 1.54) is 13.0 Å². The van der Waals surface area contributed by atoms with E-state index in [2.05, 4.69) is 0 Å². The first kappa shape index (κ1) is 13.8. The van der Waals surface area contributed by atoms with Crippen LogP contribution in [0.3, 0.4) is 0 Å². The Hall–Kier alpha value is -2.23. The molecule has 0 aliphatic carbocycles. The first-order valence-corrected chi connectivity index (χ1v) is 5.38. The molecule has 0 aliphatic rings. The lowest BCUT2D eigenvalue weighted by Crippen LogP contribution is -1.90. The molecule has 0 amide bonds. The van der Waals surface area contributed by atoms with Crippen LogP contribution in [0.2, 0.25) is 0 Å². The van der Waals surface area contributed by atoms with Gasteiger partial charge in [-0.2, -0.15) is 0 Å². The molecule has 0 atom stereocenters. The Morgan fingerprint density at radius 1 is 1.22 bits per heavy atom. The van der Waals surface area contributed by atoms with E-state index in [0.29, 0.717) is 11.5 Å². The van der Waals surface area contributed by atoms with Gasteiger partial charge in [-0.25, -0.2) is 0 Å². The van der Waals surface area contributed by atoms with Gasteiger partial charge in [0.25, 0.3) is 0 Å². The number of rotatable bonds is 5. The van der Waals surface area contributed by atoms with Crippen LogP contribution in [-0.2, 0) is 4.79 Å². The molecule has 18 heavy (non-hydrogen) atoms. The smallest absolute Gasteiger partial charge is 0.161 e. The van der Waals surface area contributed by atoms with Gasteiger partial charge in [0.1, 0.15) is 5.76 Å². The molecule has 1 N–H and O–H groups in total. The molecule has 1 aromatic rings. The summed E-state index contributed by atoms with van der Waals surface area (Å²) in [6.45, 7) is 1.38. The first-order valence-electron chi connectivity index (χ1n) is 5.38. The van der Waals surface area contributed by atoms with Crippen LogP contribution in [0.5, 0.6) is 11.5 Å². The van der Waals surface area contributed by atoms with Gasteiger partial charge in [0.2, 0.25) is 0 Å². The highest BCUT2D eigenvalue weighted by atomic mass is 16.5. The molecule has 0 radical (unpaired) electrons. The van der Waals surface area contributed by atoms with Crippen LogP contribution >= 0.6 is 0 Å². The molecule has 0 fully saturated rings. The summed E-state index contributed by atoms with van der Waals surface area (Å²) < 4.78 is 10.3. The second-order valence-electron chi connectivity index (χ2n) is 3.63. The minimum Gasteiger partial charge on any atom is -0.508 e. The van der Waals surface area contributed by atoms with Gasteiger partial charge in [-0.1, -0.05) is 12.1 Å². The molecular formula is C14H16O4. The van der Waals surface area contributed by atoms with Crippen molar-refractivity contribution in [2.45, 2.75) is 6.92 Å². The second-order valence-corrected chi connectivity index (χ2v) is 3.63. The summed E-state index contributed by atoms with van der Waals surface area (Å²) in [5.41, 5.74) is 0.830. The van der Waals surface area contributed by atoms with Crippen molar-refractivity contribution in [2.24, 2.45) is 0 Å². The number of ketones is 1. The van der Waals surface area contributed by atoms with E-state index in [9.17, 15) is 9.90 Å². The van der Waals surface area contributed by atoms with E-state index in [0.717, 1.165) is 11.6 Å². The molecule has 1 aromatic carbocycles. The zero-order valence-electron chi connectivity index (χ0n) is 10.6. The van der Waals surface area contributed by atoms with Crippen LogP contribution in [0.1, 0.15) is 12.5 Å². The SMILES string of the molecule is COc1ccc(/C=C/C(O)=C/C(C)=O)cc1OC. The van der Waals surface area contributed by atoms with Gasteiger partial charge in [0, 0.05) is 6.08 Å². The Morgan fingerprint density at radius 2 is 1.89 bits per heavy atom. The molecule has 0 heterocycles. The van der Waals surface area contributed by atoms with Crippen molar-refractivity contribution in [3.63, 3.8) is 0 Å². The van der Waals surface area contributed by atoms with Crippen LogP contribution in [0.4, 0.5) is 0 Å². The number of carbonyl (C=O) groups is 1. The van der Waals surface area contributed by atoms with Crippen LogP contribution in [0.25, 0.3) is 6.08 Å². The lowest BCUT2D eigenvalue weighted by Gasteiger charge is -2.07. The van der Waals surface area contributed by atoms with Crippen molar-refractivity contribution in [1.29, 1.82) is 0 Å². The zero-order chi connectivity index (χ0) is 13.5. The number of ether oxygens (including phenoxy) is 2. The van der Waals surface area contributed by atoms with Crippen molar-refractivity contribution < 1.29 is 19.4 Å². The Kier molecular flexibility index (Phi) is 4.99. The van der Waals surface area contributed by atoms with Crippen LogP contribution in [0, 0.1) is 0 Å². The van der Waals surface area contributed by atoms with E-state index in [-0.39, 0.29) is 11.5 Å². The van der Waals surface area contributed by atoms with Crippen molar-refractivity contribution in [2.75, 3.05) is 14.2 Å². The number of benzene rings is 1. The van der Waals surface area contributed by atoms with Crippen LogP contribution in [-0.4, -0.2) is 25.1 Å². The monoisotopic (exact) mass is 248 g/mol. The van der Waals surface area contributed by atoms with Crippen molar-refractivity contribution in [3.8, 4) is 11.5 Å². The third kappa shape index (κ3) is 3.97. The van der Waals surface area contributed by atoms with Gasteiger partial charge in [-0.15, -0.1) is 0 Å². The Bertz CT molecular complexity index is 487. The fraction of sp³-hybridized carbons (Fsp3) is 0.214. The van der Waals surface area contributed by atoms with Gasteiger partial charge in [0.05, 0.1) is 14.2 Å². The number of methoxy groups -OCH3 is 2. The first-order chi connectivity index (χ1) is 8.56. The molecule has 0 saturated heterocycles. The lowest BCUT2D eigenvalue weighted by atomic mass is 10.2. The summed E-state index contributed by atoms with van der Waals surface area (Å²) in [5, 5.41) is 9.41. The summed E-state index contributed by atoms with van der Waals surface area (Å²) >= 11 is 0. The summed E-state index contributed by atoms with van der Waals surface area (Å²) in [4.78, 5) is 10.7. The number of hydrogen-bond donors (Lipinski definition) is 1. The molecular weight excluding hydrogens is 232 g/mol. The quantitative estimate of drug-likeness (QED) is 0.494. The Morgan fingerprint density at radius 3 is 2.44 bits per heavy atom. The maximum Gasteiger partial charge on any atom is 0.161 e. The van der Waals surface area contributed by atoms with E-state index in [4.69, 9.17) is 9.47 Å². The lowest BCUT2D eigenvalue weighted by molar-refractivity contribution is -0.112. The predicted octanol–water partition coefficient (Wildman–Crippen LogP) is 2.75. The Balaban J connectivity index is 2.92. The average molecular weight is 248 g/mol. The molecule has 0 spiro atoms. The van der Waals surface area contributed by atoms with Gasteiger partial charge >= 0.3 is 0 Å². The molecule has 1 rings (SSSR count). The molecule has 0 aliphatic heterocycles. The largest absolute Gasteiger partial charge is 0.508 e. The maximum atomic E-state index is 10.7. The fourth-order valence-corrected chi connectivity index (χ4v) is 1.39. The normalized spacial score (nSPS) is 11.6. The fourth-order valence-electron chi connectivity index (χ4n) is 1.39. The van der Waals surface area contributed by atoms with Crippen LogP contribution in [0.15, 0.2) is 36.1 Å². The second kappa shape index (κ2) is 6.49. The van der Waals surface area contributed by atoms with Crippen molar-refractivity contribution >= 4 is 11.9 Å². The highest BCUT2D eigenvalue weighted by Crippen LogP contribution is 2.28. The minimum atomic E-state index is -0.204. The maximum absolute atomic E-state index is 10.7. The molecule has 96 valence electrons. The predicted molar refractivity (Wildman–Crippen MR) is 70.0 cm³/mol. The standard InChI is InChI=1S/C14H16O4/c1-10(15)8-12(16)6-4-11-5-7-13(17-2)14(9-11)18-3/h4-9,16H,1-3H3/b6-4+,12-8-. The minimum absolute atomic E-state index is 0.0858. The third-order valence-corrected chi connectivity index (χ3v) is 2.21. The molecule has 4 nitrogen and oxygen atoms in total. The highest BCUT2D eigenvalue weighted by Gasteiger charge is 2.02. The van der Waals surface area contributed by atoms with E-state index in [1.807, 2.05) is 6.07 Å². The third-order valence-electron chi connectivity index (χ3n) is 2.21. The summed E-state index contributed by atoms with van der Waals surface area (Å²) in [7, 11) is 3.12.